The first-order valence-electron chi connectivity index (χ1n) is 12.2. The molecule has 0 radical (unpaired) electrons. The highest BCUT2D eigenvalue weighted by Crippen LogP contribution is 2.25. The molecule has 2 aromatic carbocycles. The average Bonchev–Trinajstić information content (AvgIpc) is 2.81. The van der Waals surface area contributed by atoms with Crippen LogP contribution < -0.4 is 15.2 Å². The highest BCUT2D eigenvalue weighted by molar-refractivity contribution is 6.04. The lowest BCUT2D eigenvalue weighted by Gasteiger charge is -2.29. The summed E-state index contributed by atoms with van der Waals surface area (Å²) in [6.07, 6.45) is 0.617. The Labute approximate surface area is 217 Å². The van der Waals surface area contributed by atoms with E-state index in [4.69, 9.17) is 19.9 Å². The van der Waals surface area contributed by atoms with Crippen molar-refractivity contribution in [1.29, 1.82) is 0 Å². The van der Waals surface area contributed by atoms with Crippen LogP contribution in [0.2, 0.25) is 0 Å². The fraction of sp³-hybridized carbons (Fsp3) is 0.464. The van der Waals surface area contributed by atoms with E-state index < -0.39 is 41.4 Å². The van der Waals surface area contributed by atoms with Gasteiger partial charge < -0.3 is 30.2 Å². The number of carbonyl (C=O) groups is 3. The number of rotatable bonds is 14. The molecule has 9 nitrogen and oxygen atoms in total. The molecular formula is C28H37NO8. The standard InChI is InChI=1S/C28H37NO8/c1-19-8-12-22(13-9-19)35-16-17-36-23-14-10-20(11-15-23)6-5-7-21(24(30)31)18-28(29,25(32)33)26(34)37-27(2,3)4/h8-15,21H,5-7,16-18,29H2,1-4H3,(H,30,31)(H,32,33)/t21-,28-/m0/s1. The second-order valence-corrected chi connectivity index (χ2v) is 10.1. The van der Waals surface area contributed by atoms with E-state index in [1.165, 1.54) is 0 Å². The van der Waals surface area contributed by atoms with Crippen molar-refractivity contribution in [3.05, 3.63) is 59.7 Å². The monoisotopic (exact) mass is 515 g/mol. The Morgan fingerprint density at radius 1 is 0.892 bits per heavy atom. The Kier molecular flexibility index (Phi) is 10.5. The van der Waals surface area contributed by atoms with Gasteiger partial charge in [-0.3, -0.25) is 4.79 Å². The number of aliphatic carboxylic acids is 2. The molecule has 0 aromatic heterocycles. The molecule has 2 atom stereocenters. The van der Waals surface area contributed by atoms with Gasteiger partial charge in [0, 0.05) is 6.42 Å². The third kappa shape index (κ3) is 9.76. The lowest BCUT2D eigenvalue weighted by Crippen LogP contribution is -2.58. The third-order valence-electron chi connectivity index (χ3n) is 5.65. The molecule has 0 saturated carbocycles. The summed E-state index contributed by atoms with van der Waals surface area (Å²) in [6, 6.07) is 15.2. The molecule has 37 heavy (non-hydrogen) atoms. The van der Waals surface area contributed by atoms with E-state index in [1.54, 1.807) is 20.8 Å². The number of carboxylic acid groups (broad SMARTS) is 2. The summed E-state index contributed by atoms with van der Waals surface area (Å²) < 4.78 is 16.5. The molecule has 0 aliphatic carbocycles. The SMILES string of the molecule is Cc1ccc(OCCOc2ccc(CCC[C@@H](C[C@](N)(C(=O)O)C(=O)OC(C)(C)C)C(=O)O)cc2)cc1. The zero-order valence-corrected chi connectivity index (χ0v) is 21.9. The number of benzene rings is 2. The number of ether oxygens (including phenoxy) is 3. The zero-order chi connectivity index (χ0) is 27.6. The van der Waals surface area contributed by atoms with Gasteiger partial charge in [-0.25, -0.2) is 9.59 Å². The first-order chi connectivity index (χ1) is 17.3. The van der Waals surface area contributed by atoms with Crippen molar-refractivity contribution in [2.45, 2.75) is 64.5 Å². The maximum absolute atomic E-state index is 12.4. The van der Waals surface area contributed by atoms with Gasteiger partial charge in [0.2, 0.25) is 5.54 Å². The highest BCUT2D eigenvalue weighted by atomic mass is 16.6. The normalized spacial score (nSPS) is 13.8. The van der Waals surface area contributed by atoms with E-state index in [1.807, 2.05) is 55.5 Å². The molecule has 0 heterocycles. The van der Waals surface area contributed by atoms with Gasteiger partial charge in [-0.1, -0.05) is 29.8 Å². The van der Waals surface area contributed by atoms with Crippen molar-refractivity contribution >= 4 is 17.9 Å². The molecule has 2 rings (SSSR count). The number of carbonyl (C=O) groups excluding carboxylic acids is 1. The summed E-state index contributed by atoms with van der Waals surface area (Å²) in [4.78, 5) is 36.0. The van der Waals surface area contributed by atoms with Crippen molar-refractivity contribution in [2.24, 2.45) is 11.7 Å². The predicted octanol–water partition coefficient (Wildman–Crippen LogP) is 3.99. The summed E-state index contributed by atoms with van der Waals surface area (Å²) in [5, 5.41) is 19.2. The lowest BCUT2D eigenvalue weighted by molar-refractivity contribution is -0.170. The minimum Gasteiger partial charge on any atom is -0.490 e. The Hall–Kier alpha value is -3.59. The maximum Gasteiger partial charge on any atom is 0.338 e. The van der Waals surface area contributed by atoms with Crippen LogP contribution in [0, 0.1) is 12.8 Å². The quantitative estimate of drug-likeness (QED) is 0.193. The van der Waals surface area contributed by atoms with Crippen LogP contribution in [0.5, 0.6) is 11.5 Å². The summed E-state index contributed by atoms with van der Waals surface area (Å²) in [7, 11) is 0. The van der Waals surface area contributed by atoms with E-state index in [2.05, 4.69) is 0 Å². The van der Waals surface area contributed by atoms with Crippen LogP contribution in [0.3, 0.4) is 0 Å². The molecule has 0 fully saturated rings. The molecule has 202 valence electrons. The van der Waals surface area contributed by atoms with Gasteiger partial charge in [0.05, 0.1) is 5.92 Å². The van der Waals surface area contributed by atoms with Crippen molar-refractivity contribution in [3.63, 3.8) is 0 Å². The topological polar surface area (TPSA) is 145 Å². The van der Waals surface area contributed by atoms with E-state index in [0.717, 1.165) is 16.9 Å². The Morgan fingerprint density at radius 2 is 1.41 bits per heavy atom. The fourth-order valence-electron chi connectivity index (χ4n) is 3.59. The van der Waals surface area contributed by atoms with Gasteiger partial charge in [0.15, 0.2) is 0 Å². The number of hydrogen-bond acceptors (Lipinski definition) is 7. The predicted molar refractivity (Wildman–Crippen MR) is 138 cm³/mol. The fourth-order valence-corrected chi connectivity index (χ4v) is 3.59. The van der Waals surface area contributed by atoms with Gasteiger partial charge in [0.25, 0.3) is 0 Å². The smallest absolute Gasteiger partial charge is 0.338 e. The summed E-state index contributed by atoms with van der Waals surface area (Å²) in [5.41, 5.74) is 4.59. The van der Waals surface area contributed by atoms with Gasteiger partial charge in [-0.15, -0.1) is 0 Å². The Bertz CT molecular complexity index is 1040. The molecule has 0 saturated heterocycles. The lowest BCUT2D eigenvalue weighted by atomic mass is 9.85. The van der Waals surface area contributed by atoms with E-state index in [0.29, 0.717) is 31.8 Å². The summed E-state index contributed by atoms with van der Waals surface area (Å²) in [5.74, 6) is -3.63. The van der Waals surface area contributed by atoms with E-state index >= 15 is 0 Å². The summed E-state index contributed by atoms with van der Waals surface area (Å²) in [6.45, 7) is 7.54. The van der Waals surface area contributed by atoms with Crippen molar-refractivity contribution in [2.75, 3.05) is 13.2 Å². The second-order valence-electron chi connectivity index (χ2n) is 10.1. The van der Waals surface area contributed by atoms with Crippen LogP contribution in [0.4, 0.5) is 0 Å². The number of hydrogen-bond donors (Lipinski definition) is 3. The van der Waals surface area contributed by atoms with Crippen molar-refractivity contribution in [3.8, 4) is 11.5 Å². The van der Waals surface area contributed by atoms with E-state index in [9.17, 15) is 24.6 Å². The molecule has 0 unspecified atom stereocenters. The van der Waals surface area contributed by atoms with Crippen LogP contribution in [0.15, 0.2) is 48.5 Å². The number of nitrogens with two attached hydrogens (primary N) is 1. The van der Waals surface area contributed by atoms with Gasteiger partial charge >= 0.3 is 17.9 Å². The van der Waals surface area contributed by atoms with Gasteiger partial charge in [-0.2, -0.15) is 0 Å². The molecule has 9 heteroatoms. The number of esters is 1. The minimum atomic E-state index is -2.45. The maximum atomic E-state index is 12.4. The Morgan fingerprint density at radius 3 is 1.86 bits per heavy atom. The van der Waals surface area contributed by atoms with Crippen molar-refractivity contribution in [1.82, 2.24) is 0 Å². The largest absolute Gasteiger partial charge is 0.490 e. The molecule has 0 spiro atoms. The highest BCUT2D eigenvalue weighted by Gasteiger charge is 2.48. The molecule has 0 aliphatic rings. The average molecular weight is 516 g/mol. The van der Waals surface area contributed by atoms with Gasteiger partial charge in [-0.05, 0) is 76.8 Å². The first-order valence-corrected chi connectivity index (χ1v) is 12.2. The molecule has 0 amide bonds. The molecule has 0 aliphatic heterocycles. The number of carboxylic acids is 2. The zero-order valence-electron chi connectivity index (χ0n) is 21.9. The van der Waals surface area contributed by atoms with Crippen LogP contribution in [0.1, 0.15) is 51.2 Å². The first kappa shape index (κ1) is 29.6. The molecule has 2 aromatic rings. The minimum absolute atomic E-state index is 0.152. The molecule has 0 bridgehead atoms. The van der Waals surface area contributed by atoms with Gasteiger partial charge in [0.1, 0.15) is 30.3 Å². The summed E-state index contributed by atoms with van der Waals surface area (Å²) >= 11 is 0. The van der Waals surface area contributed by atoms with Crippen molar-refractivity contribution < 1.29 is 38.8 Å². The van der Waals surface area contributed by atoms with Crippen LogP contribution in [-0.4, -0.2) is 52.5 Å². The van der Waals surface area contributed by atoms with Crippen LogP contribution in [-0.2, 0) is 25.5 Å². The molecular weight excluding hydrogens is 478 g/mol. The van der Waals surface area contributed by atoms with E-state index in [-0.39, 0.29) is 6.42 Å². The third-order valence-corrected chi connectivity index (χ3v) is 5.65. The second kappa shape index (κ2) is 13.1. The Balaban J connectivity index is 1.84. The molecule has 4 N–H and O–H groups in total. The van der Waals surface area contributed by atoms with Crippen LogP contribution in [0.25, 0.3) is 0 Å². The van der Waals surface area contributed by atoms with Crippen LogP contribution >= 0.6 is 0 Å². The number of aryl methyl sites for hydroxylation is 2.